The van der Waals surface area contributed by atoms with Crippen molar-refractivity contribution in [2.45, 2.75) is 37.8 Å². The molecule has 104 valence electrons. The Kier molecular flexibility index (Phi) is 4.03. The van der Waals surface area contributed by atoms with Crippen LogP contribution in [-0.2, 0) is 6.61 Å². The van der Waals surface area contributed by atoms with Gasteiger partial charge in [-0.3, -0.25) is 0 Å². The lowest BCUT2D eigenvalue weighted by atomic mass is 9.97. The van der Waals surface area contributed by atoms with Crippen LogP contribution in [0.4, 0.5) is 0 Å². The Morgan fingerprint density at radius 1 is 1.00 bits per heavy atom. The van der Waals surface area contributed by atoms with E-state index in [2.05, 4.69) is 30.3 Å². The molecular formula is C18H21NO. The second-order valence-corrected chi connectivity index (χ2v) is 5.62. The number of ether oxygens (including phenoxy) is 1. The number of hydrogen-bond donors (Lipinski definition) is 1. The third-order valence-electron chi connectivity index (χ3n) is 4.05. The first kappa shape index (κ1) is 13.2. The Morgan fingerprint density at radius 2 is 1.85 bits per heavy atom. The molecule has 2 unspecified atom stereocenters. The summed E-state index contributed by atoms with van der Waals surface area (Å²) in [5.41, 5.74) is 8.56. The van der Waals surface area contributed by atoms with Gasteiger partial charge in [-0.25, -0.2) is 0 Å². The molecule has 0 spiro atoms. The van der Waals surface area contributed by atoms with Gasteiger partial charge in [-0.1, -0.05) is 42.5 Å². The Bertz CT molecular complexity index is 552. The first-order valence-corrected chi connectivity index (χ1v) is 7.33. The Balaban J connectivity index is 1.65. The summed E-state index contributed by atoms with van der Waals surface area (Å²) in [6, 6.07) is 19.1. The van der Waals surface area contributed by atoms with Gasteiger partial charge in [0.2, 0.25) is 0 Å². The van der Waals surface area contributed by atoms with E-state index in [0.717, 1.165) is 18.6 Å². The average molecular weight is 267 g/mol. The fraction of sp³-hybridized carbons (Fsp3) is 0.333. The van der Waals surface area contributed by atoms with Crippen molar-refractivity contribution in [3.05, 3.63) is 65.7 Å². The summed E-state index contributed by atoms with van der Waals surface area (Å²) in [7, 11) is 0. The van der Waals surface area contributed by atoms with Crippen molar-refractivity contribution in [3.63, 3.8) is 0 Å². The van der Waals surface area contributed by atoms with E-state index >= 15 is 0 Å². The highest BCUT2D eigenvalue weighted by atomic mass is 16.5. The summed E-state index contributed by atoms with van der Waals surface area (Å²) in [5.74, 6) is 1.55. The largest absolute Gasteiger partial charge is 0.489 e. The summed E-state index contributed by atoms with van der Waals surface area (Å²) in [6.07, 6.45) is 3.44. The number of benzene rings is 2. The van der Waals surface area contributed by atoms with Gasteiger partial charge in [0, 0.05) is 6.04 Å². The molecule has 0 heterocycles. The summed E-state index contributed by atoms with van der Waals surface area (Å²) in [6.45, 7) is 0.620. The zero-order valence-electron chi connectivity index (χ0n) is 11.7. The fourth-order valence-corrected chi connectivity index (χ4v) is 2.92. The zero-order chi connectivity index (χ0) is 13.8. The van der Waals surface area contributed by atoms with Crippen LogP contribution < -0.4 is 10.5 Å². The van der Waals surface area contributed by atoms with Crippen molar-refractivity contribution in [2.24, 2.45) is 5.73 Å². The molecule has 20 heavy (non-hydrogen) atoms. The molecule has 2 aromatic carbocycles. The van der Waals surface area contributed by atoms with Gasteiger partial charge >= 0.3 is 0 Å². The molecule has 1 saturated carbocycles. The quantitative estimate of drug-likeness (QED) is 0.913. The molecule has 1 fully saturated rings. The maximum Gasteiger partial charge on any atom is 0.120 e. The van der Waals surface area contributed by atoms with Crippen LogP contribution in [0.3, 0.4) is 0 Å². The normalized spacial score (nSPS) is 21.9. The Hall–Kier alpha value is -1.80. The third kappa shape index (κ3) is 3.20. The van der Waals surface area contributed by atoms with E-state index in [0.29, 0.717) is 18.6 Å². The van der Waals surface area contributed by atoms with Crippen molar-refractivity contribution in [1.29, 1.82) is 0 Å². The molecule has 2 heteroatoms. The van der Waals surface area contributed by atoms with Crippen LogP contribution in [0.25, 0.3) is 0 Å². The average Bonchev–Trinajstić information content (AvgIpc) is 2.93. The van der Waals surface area contributed by atoms with E-state index in [1.165, 1.54) is 17.5 Å². The molecular weight excluding hydrogens is 246 g/mol. The van der Waals surface area contributed by atoms with Gasteiger partial charge in [0.15, 0.2) is 0 Å². The van der Waals surface area contributed by atoms with E-state index < -0.39 is 0 Å². The zero-order valence-corrected chi connectivity index (χ0v) is 11.7. The van der Waals surface area contributed by atoms with Gasteiger partial charge in [0.1, 0.15) is 12.4 Å². The topological polar surface area (TPSA) is 35.2 Å². The predicted octanol–water partition coefficient (Wildman–Crippen LogP) is 3.86. The maximum atomic E-state index is 6.00. The van der Waals surface area contributed by atoms with E-state index in [4.69, 9.17) is 10.5 Å². The number of hydrogen-bond acceptors (Lipinski definition) is 2. The van der Waals surface area contributed by atoms with Crippen LogP contribution in [0.5, 0.6) is 5.75 Å². The molecule has 0 bridgehead atoms. The second kappa shape index (κ2) is 6.10. The highest BCUT2D eigenvalue weighted by Gasteiger charge is 2.23. The van der Waals surface area contributed by atoms with E-state index in [1.807, 2.05) is 24.3 Å². The van der Waals surface area contributed by atoms with Crippen molar-refractivity contribution in [3.8, 4) is 5.75 Å². The molecule has 2 nitrogen and oxygen atoms in total. The molecule has 1 aliphatic carbocycles. The monoisotopic (exact) mass is 267 g/mol. The maximum absolute atomic E-state index is 6.00. The first-order valence-electron chi connectivity index (χ1n) is 7.33. The van der Waals surface area contributed by atoms with Crippen molar-refractivity contribution in [2.75, 3.05) is 0 Å². The van der Waals surface area contributed by atoms with Gasteiger partial charge in [-0.05, 0) is 48.4 Å². The van der Waals surface area contributed by atoms with E-state index in [9.17, 15) is 0 Å². The van der Waals surface area contributed by atoms with Crippen molar-refractivity contribution in [1.82, 2.24) is 0 Å². The summed E-state index contributed by atoms with van der Waals surface area (Å²) < 4.78 is 5.89. The Morgan fingerprint density at radius 3 is 2.60 bits per heavy atom. The van der Waals surface area contributed by atoms with Gasteiger partial charge in [-0.15, -0.1) is 0 Å². The van der Waals surface area contributed by atoms with Gasteiger partial charge in [0.25, 0.3) is 0 Å². The van der Waals surface area contributed by atoms with E-state index in [1.54, 1.807) is 0 Å². The first-order chi connectivity index (χ1) is 9.81. The molecule has 0 radical (unpaired) electrons. The predicted molar refractivity (Wildman–Crippen MR) is 81.8 cm³/mol. The van der Waals surface area contributed by atoms with Crippen molar-refractivity contribution < 1.29 is 4.74 Å². The highest BCUT2D eigenvalue weighted by molar-refractivity contribution is 5.32. The van der Waals surface area contributed by atoms with Crippen LogP contribution in [0.2, 0.25) is 0 Å². The smallest absolute Gasteiger partial charge is 0.120 e. The molecule has 0 amide bonds. The molecule has 0 saturated heterocycles. The van der Waals surface area contributed by atoms with Crippen LogP contribution in [0, 0.1) is 0 Å². The summed E-state index contributed by atoms with van der Waals surface area (Å²) in [5, 5.41) is 0. The molecule has 2 aromatic rings. The Labute approximate surface area is 120 Å². The lowest BCUT2D eigenvalue weighted by Crippen LogP contribution is -2.14. The SMILES string of the molecule is NC1CCC(c2cccc(OCc3ccccc3)c2)C1. The number of nitrogens with two attached hydrogens (primary N) is 1. The van der Waals surface area contributed by atoms with Gasteiger partial charge in [-0.2, -0.15) is 0 Å². The molecule has 3 rings (SSSR count). The summed E-state index contributed by atoms with van der Waals surface area (Å²) >= 11 is 0. The molecule has 2 atom stereocenters. The third-order valence-corrected chi connectivity index (χ3v) is 4.05. The van der Waals surface area contributed by atoms with Gasteiger partial charge in [0.05, 0.1) is 0 Å². The highest BCUT2D eigenvalue weighted by Crippen LogP contribution is 2.34. The molecule has 0 aliphatic heterocycles. The lowest BCUT2D eigenvalue weighted by molar-refractivity contribution is 0.305. The minimum Gasteiger partial charge on any atom is -0.489 e. The number of rotatable bonds is 4. The van der Waals surface area contributed by atoms with Crippen LogP contribution >= 0.6 is 0 Å². The molecule has 2 N–H and O–H groups in total. The van der Waals surface area contributed by atoms with Crippen molar-refractivity contribution >= 4 is 0 Å². The van der Waals surface area contributed by atoms with Crippen LogP contribution in [0.15, 0.2) is 54.6 Å². The van der Waals surface area contributed by atoms with Crippen LogP contribution in [-0.4, -0.2) is 6.04 Å². The van der Waals surface area contributed by atoms with Crippen LogP contribution in [0.1, 0.15) is 36.3 Å². The standard InChI is InChI=1S/C18H21NO/c19-17-10-9-16(11-17)15-7-4-8-18(12-15)20-13-14-5-2-1-3-6-14/h1-8,12,16-17H,9-11,13,19H2. The molecule has 1 aliphatic rings. The van der Waals surface area contributed by atoms with E-state index in [-0.39, 0.29) is 0 Å². The lowest BCUT2D eigenvalue weighted by Gasteiger charge is -2.12. The minimum atomic E-state index is 0.369. The second-order valence-electron chi connectivity index (χ2n) is 5.62. The fourth-order valence-electron chi connectivity index (χ4n) is 2.92. The molecule has 0 aromatic heterocycles. The summed E-state index contributed by atoms with van der Waals surface area (Å²) in [4.78, 5) is 0. The minimum absolute atomic E-state index is 0.369. The van der Waals surface area contributed by atoms with Gasteiger partial charge < -0.3 is 10.5 Å².